The number of likely N-dealkylation sites (tertiary alicyclic amines) is 2. The molecule has 3 aliphatic rings. The Morgan fingerprint density at radius 2 is 1.86 bits per heavy atom. The zero-order chi connectivity index (χ0) is 15.2. The standard InChI is InChI=1S/C14H19F3N2O2/c15-14(16,17)10-2-1-5-18(8-10)13(21)9-6-12(20)19(7-9)11-3-4-11/h9-11H,1-8H2. The Kier molecular flexibility index (Phi) is 3.61. The van der Waals surface area contributed by atoms with E-state index in [1.54, 1.807) is 4.90 Å². The molecule has 0 bridgehead atoms. The van der Waals surface area contributed by atoms with Crippen molar-refractivity contribution in [3.05, 3.63) is 0 Å². The molecule has 0 aromatic carbocycles. The van der Waals surface area contributed by atoms with Crippen molar-refractivity contribution in [2.24, 2.45) is 11.8 Å². The normalized spacial score (nSPS) is 30.9. The quantitative estimate of drug-likeness (QED) is 0.780. The summed E-state index contributed by atoms with van der Waals surface area (Å²) in [5, 5.41) is 0. The maximum absolute atomic E-state index is 12.8. The van der Waals surface area contributed by atoms with Crippen molar-refractivity contribution in [2.75, 3.05) is 19.6 Å². The minimum Gasteiger partial charge on any atom is -0.342 e. The van der Waals surface area contributed by atoms with E-state index in [0.717, 1.165) is 12.8 Å². The first-order valence-electron chi connectivity index (χ1n) is 7.51. The Morgan fingerprint density at radius 1 is 1.14 bits per heavy atom. The number of carbonyl (C=O) groups excluding carboxylic acids is 2. The van der Waals surface area contributed by atoms with E-state index in [2.05, 4.69) is 0 Å². The molecule has 21 heavy (non-hydrogen) atoms. The number of carbonyl (C=O) groups is 2. The fraction of sp³-hybridized carbons (Fsp3) is 0.857. The van der Waals surface area contributed by atoms with E-state index >= 15 is 0 Å². The average molecular weight is 304 g/mol. The molecule has 2 atom stereocenters. The summed E-state index contributed by atoms with van der Waals surface area (Å²) in [5.74, 6) is -2.18. The van der Waals surface area contributed by atoms with Crippen LogP contribution in [0.3, 0.4) is 0 Å². The van der Waals surface area contributed by atoms with E-state index in [-0.39, 0.29) is 37.2 Å². The topological polar surface area (TPSA) is 40.6 Å². The van der Waals surface area contributed by atoms with Crippen LogP contribution in [0.25, 0.3) is 0 Å². The Bertz CT molecular complexity index is 448. The summed E-state index contributed by atoms with van der Waals surface area (Å²) in [5.41, 5.74) is 0. The lowest BCUT2D eigenvalue weighted by Gasteiger charge is -2.35. The molecule has 0 radical (unpaired) electrons. The van der Waals surface area contributed by atoms with Crippen LogP contribution in [0.15, 0.2) is 0 Å². The summed E-state index contributed by atoms with van der Waals surface area (Å²) in [6, 6.07) is 0.263. The predicted molar refractivity (Wildman–Crippen MR) is 68.2 cm³/mol. The van der Waals surface area contributed by atoms with Crippen molar-refractivity contribution < 1.29 is 22.8 Å². The molecule has 2 saturated heterocycles. The molecule has 1 saturated carbocycles. The molecule has 7 heteroatoms. The van der Waals surface area contributed by atoms with Crippen LogP contribution in [0.5, 0.6) is 0 Å². The second-order valence-corrected chi connectivity index (χ2v) is 6.34. The third-order valence-electron chi connectivity index (χ3n) is 4.69. The average Bonchev–Trinajstić information content (AvgIpc) is 3.20. The summed E-state index contributed by atoms with van der Waals surface area (Å²) in [6.45, 7) is 0.505. The second-order valence-electron chi connectivity index (χ2n) is 6.34. The van der Waals surface area contributed by atoms with Gasteiger partial charge in [-0.1, -0.05) is 0 Å². The van der Waals surface area contributed by atoms with Gasteiger partial charge in [0, 0.05) is 32.1 Å². The van der Waals surface area contributed by atoms with Crippen molar-refractivity contribution in [3.8, 4) is 0 Å². The maximum atomic E-state index is 12.8. The molecule has 2 unspecified atom stereocenters. The molecule has 4 nitrogen and oxygen atoms in total. The maximum Gasteiger partial charge on any atom is 0.393 e. The van der Waals surface area contributed by atoms with E-state index in [1.807, 2.05) is 0 Å². The highest BCUT2D eigenvalue weighted by Gasteiger charge is 2.46. The molecule has 2 amide bonds. The van der Waals surface area contributed by atoms with Gasteiger partial charge in [-0.2, -0.15) is 13.2 Å². The van der Waals surface area contributed by atoms with Crippen LogP contribution < -0.4 is 0 Å². The largest absolute Gasteiger partial charge is 0.393 e. The van der Waals surface area contributed by atoms with Gasteiger partial charge in [-0.3, -0.25) is 9.59 Å². The van der Waals surface area contributed by atoms with Gasteiger partial charge >= 0.3 is 6.18 Å². The van der Waals surface area contributed by atoms with E-state index in [1.165, 1.54) is 4.90 Å². The summed E-state index contributed by atoms with van der Waals surface area (Å²) in [7, 11) is 0. The zero-order valence-corrected chi connectivity index (χ0v) is 11.7. The zero-order valence-electron chi connectivity index (χ0n) is 11.7. The molecule has 1 aliphatic carbocycles. The molecular formula is C14H19F3N2O2. The summed E-state index contributed by atoms with van der Waals surface area (Å²) < 4.78 is 38.4. The van der Waals surface area contributed by atoms with Gasteiger partial charge in [0.05, 0.1) is 11.8 Å². The van der Waals surface area contributed by atoms with Crippen LogP contribution in [-0.2, 0) is 9.59 Å². The molecular weight excluding hydrogens is 285 g/mol. The van der Waals surface area contributed by atoms with Gasteiger partial charge in [-0.15, -0.1) is 0 Å². The molecule has 118 valence electrons. The van der Waals surface area contributed by atoms with Crippen LogP contribution >= 0.6 is 0 Å². The molecule has 0 aromatic heterocycles. The molecule has 3 rings (SSSR count). The van der Waals surface area contributed by atoms with Gasteiger partial charge in [0.1, 0.15) is 0 Å². The lowest BCUT2D eigenvalue weighted by Crippen LogP contribution is -2.47. The van der Waals surface area contributed by atoms with E-state index in [4.69, 9.17) is 0 Å². The van der Waals surface area contributed by atoms with E-state index in [0.29, 0.717) is 19.5 Å². The monoisotopic (exact) mass is 304 g/mol. The van der Waals surface area contributed by atoms with Crippen LogP contribution in [0.4, 0.5) is 13.2 Å². The first kappa shape index (κ1) is 14.7. The molecule has 0 aromatic rings. The van der Waals surface area contributed by atoms with Crippen molar-refractivity contribution in [1.82, 2.24) is 9.80 Å². The number of hydrogen-bond acceptors (Lipinski definition) is 2. The second kappa shape index (κ2) is 5.18. The summed E-state index contributed by atoms with van der Waals surface area (Å²) >= 11 is 0. The molecule has 0 N–H and O–H groups in total. The van der Waals surface area contributed by atoms with Crippen LogP contribution in [0.2, 0.25) is 0 Å². The third kappa shape index (κ3) is 3.01. The number of alkyl halides is 3. The van der Waals surface area contributed by atoms with Crippen LogP contribution in [0, 0.1) is 11.8 Å². The number of amides is 2. The van der Waals surface area contributed by atoms with Crippen molar-refractivity contribution >= 4 is 11.8 Å². The Morgan fingerprint density at radius 3 is 2.48 bits per heavy atom. The van der Waals surface area contributed by atoms with E-state index < -0.39 is 18.0 Å². The Balaban J connectivity index is 1.61. The smallest absolute Gasteiger partial charge is 0.342 e. The fourth-order valence-electron chi connectivity index (χ4n) is 3.34. The minimum atomic E-state index is -4.25. The fourth-order valence-corrected chi connectivity index (χ4v) is 3.34. The Labute approximate surface area is 121 Å². The summed E-state index contributed by atoms with van der Waals surface area (Å²) in [4.78, 5) is 27.3. The first-order chi connectivity index (χ1) is 9.86. The number of halogens is 3. The van der Waals surface area contributed by atoms with Gasteiger partial charge in [0.25, 0.3) is 0 Å². The van der Waals surface area contributed by atoms with Crippen LogP contribution in [0.1, 0.15) is 32.1 Å². The predicted octanol–water partition coefficient (Wildman–Crippen LogP) is 1.80. The van der Waals surface area contributed by atoms with E-state index in [9.17, 15) is 22.8 Å². The van der Waals surface area contributed by atoms with Crippen LogP contribution in [-0.4, -0.2) is 53.5 Å². The molecule has 2 heterocycles. The lowest BCUT2D eigenvalue weighted by molar-refractivity contribution is -0.188. The minimum absolute atomic E-state index is 0.0276. The highest BCUT2D eigenvalue weighted by Crippen LogP contribution is 2.36. The van der Waals surface area contributed by atoms with Gasteiger partial charge in [-0.25, -0.2) is 0 Å². The third-order valence-corrected chi connectivity index (χ3v) is 4.69. The van der Waals surface area contributed by atoms with Crippen molar-refractivity contribution in [1.29, 1.82) is 0 Å². The summed E-state index contributed by atoms with van der Waals surface area (Å²) in [6.07, 6.45) is -1.67. The van der Waals surface area contributed by atoms with Crippen molar-refractivity contribution in [3.63, 3.8) is 0 Å². The van der Waals surface area contributed by atoms with Crippen molar-refractivity contribution in [2.45, 2.75) is 44.3 Å². The number of nitrogens with zero attached hydrogens (tertiary/aromatic N) is 2. The SMILES string of the molecule is O=C(C1CC(=O)N(C2CC2)C1)N1CCCC(C(F)(F)F)C1. The lowest BCUT2D eigenvalue weighted by atomic mass is 9.96. The van der Waals surface area contributed by atoms with Gasteiger partial charge < -0.3 is 9.80 Å². The number of rotatable bonds is 2. The molecule has 2 aliphatic heterocycles. The number of piperidine rings is 1. The van der Waals surface area contributed by atoms with Gasteiger partial charge in [-0.05, 0) is 25.7 Å². The highest BCUT2D eigenvalue weighted by atomic mass is 19.4. The number of hydrogen-bond donors (Lipinski definition) is 0. The first-order valence-corrected chi connectivity index (χ1v) is 7.51. The van der Waals surface area contributed by atoms with Gasteiger partial charge in [0.2, 0.25) is 11.8 Å². The highest BCUT2D eigenvalue weighted by molar-refractivity contribution is 5.89. The Hall–Kier alpha value is -1.27. The molecule has 3 fully saturated rings. The van der Waals surface area contributed by atoms with Gasteiger partial charge in [0.15, 0.2) is 0 Å². The molecule has 0 spiro atoms.